The molecule has 0 aromatic heterocycles. The van der Waals surface area contributed by atoms with Gasteiger partial charge in [0.25, 0.3) is 0 Å². The summed E-state index contributed by atoms with van der Waals surface area (Å²) in [6.45, 7) is 0. The first-order chi connectivity index (χ1) is 10.1. The van der Waals surface area contributed by atoms with Gasteiger partial charge in [-0.15, -0.1) is 0 Å². The zero-order valence-electron chi connectivity index (χ0n) is 11.2. The Labute approximate surface area is 121 Å². The number of nitrogens with one attached hydrogen (secondary N) is 2. The number of carbonyl (C=O) groups is 1. The number of amides is 1. The van der Waals surface area contributed by atoms with E-state index in [2.05, 4.69) is 10.6 Å². The fourth-order valence-corrected chi connectivity index (χ4v) is 1.97. The Balaban J connectivity index is 1.67. The monoisotopic (exact) mass is 288 g/mol. The summed E-state index contributed by atoms with van der Waals surface area (Å²) in [5.74, 6) is -1.08. The SMILES string of the molecule is O=C(Nc1ccc(Nc2ccc(F)cc2F)cc1)C1CC1. The lowest BCUT2D eigenvalue weighted by molar-refractivity contribution is -0.117. The van der Waals surface area contributed by atoms with Crippen molar-refractivity contribution in [2.75, 3.05) is 10.6 Å². The molecule has 5 heteroatoms. The normalized spacial score (nSPS) is 13.8. The van der Waals surface area contributed by atoms with Crippen molar-refractivity contribution in [1.29, 1.82) is 0 Å². The maximum absolute atomic E-state index is 13.5. The van der Waals surface area contributed by atoms with Crippen LogP contribution in [0.25, 0.3) is 0 Å². The average molecular weight is 288 g/mol. The minimum Gasteiger partial charge on any atom is -0.353 e. The second-order valence-electron chi connectivity index (χ2n) is 5.09. The second-order valence-corrected chi connectivity index (χ2v) is 5.09. The number of hydrogen-bond acceptors (Lipinski definition) is 2. The van der Waals surface area contributed by atoms with Crippen LogP contribution in [0.15, 0.2) is 42.5 Å². The molecule has 1 amide bonds. The number of anilines is 3. The Morgan fingerprint density at radius 1 is 1.00 bits per heavy atom. The molecule has 2 aromatic rings. The van der Waals surface area contributed by atoms with Gasteiger partial charge in [-0.25, -0.2) is 8.78 Å². The summed E-state index contributed by atoms with van der Waals surface area (Å²) in [4.78, 5) is 11.6. The van der Waals surface area contributed by atoms with Crippen LogP contribution in [0.1, 0.15) is 12.8 Å². The molecule has 2 aromatic carbocycles. The van der Waals surface area contributed by atoms with Crippen molar-refractivity contribution in [3.63, 3.8) is 0 Å². The zero-order valence-corrected chi connectivity index (χ0v) is 11.2. The van der Waals surface area contributed by atoms with E-state index in [0.717, 1.165) is 18.9 Å². The van der Waals surface area contributed by atoms with Crippen LogP contribution in [-0.2, 0) is 4.79 Å². The van der Waals surface area contributed by atoms with Crippen LogP contribution < -0.4 is 10.6 Å². The van der Waals surface area contributed by atoms with E-state index >= 15 is 0 Å². The number of benzene rings is 2. The zero-order chi connectivity index (χ0) is 14.8. The van der Waals surface area contributed by atoms with E-state index in [4.69, 9.17) is 0 Å². The summed E-state index contributed by atoms with van der Waals surface area (Å²) in [6, 6.07) is 10.3. The number of hydrogen-bond donors (Lipinski definition) is 2. The summed E-state index contributed by atoms with van der Waals surface area (Å²) in [5, 5.41) is 5.68. The Morgan fingerprint density at radius 3 is 2.29 bits per heavy atom. The second kappa shape index (κ2) is 5.52. The molecule has 3 nitrogen and oxygen atoms in total. The lowest BCUT2D eigenvalue weighted by Gasteiger charge is -2.09. The molecule has 0 unspecified atom stereocenters. The Bertz CT molecular complexity index is 666. The van der Waals surface area contributed by atoms with Crippen LogP contribution in [0.2, 0.25) is 0 Å². The fraction of sp³-hybridized carbons (Fsp3) is 0.188. The fourth-order valence-electron chi connectivity index (χ4n) is 1.97. The quantitative estimate of drug-likeness (QED) is 0.891. The van der Waals surface area contributed by atoms with Gasteiger partial charge in [0.1, 0.15) is 11.6 Å². The van der Waals surface area contributed by atoms with Gasteiger partial charge in [0.2, 0.25) is 5.91 Å². The third kappa shape index (κ3) is 3.37. The van der Waals surface area contributed by atoms with Gasteiger partial charge in [0.15, 0.2) is 0 Å². The van der Waals surface area contributed by atoms with E-state index in [-0.39, 0.29) is 17.5 Å². The van der Waals surface area contributed by atoms with Crippen LogP contribution in [0.5, 0.6) is 0 Å². The van der Waals surface area contributed by atoms with Gasteiger partial charge in [0.05, 0.1) is 5.69 Å². The maximum Gasteiger partial charge on any atom is 0.227 e. The number of rotatable bonds is 4. The molecule has 0 aliphatic heterocycles. The molecule has 21 heavy (non-hydrogen) atoms. The van der Waals surface area contributed by atoms with E-state index < -0.39 is 11.6 Å². The minimum absolute atomic E-state index is 0.0419. The molecule has 3 rings (SSSR count). The molecule has 1 saturated carbocycles. The van der Waals surface area contributed by atoms with E-state index in [1.807, 2.05) is 0 Å². The van der Waals surface area contributed by atoms with Crippen LogP contribution in [0.3, 0.4) is 0 Å². The van der Waals surface area contributed by atoms with Gasteiger partial charge in [-0.05, 0) is 49.2 Å². The molecule has 0 saturated heterocycles. The molecule has 0 heterocycles. The molecule has 0 spiro atoms. The van der Waals surface area contributed by atoms with Gasteiger partial charge in [0, 0.05) is 23.4 Å². The topological polar surface area (TPSA) is 41.1 Å². The van der Waals surface area contributed by atoms with Crippen molar-refractivity contribution in [2.24, 2.45) is 5.92 Å². The molecule has 1 aliphatic rings. The summed E-state index contributed by atoms with van der Waals surface area (Å²) < 4.78 is 26.3. The Kier molecular flexibility index (Phi) is 3.56. The van der Waals surface area contributed by atoms with E-state index in [0.29, 0.717) is 11.4 Å². The molecule has 0 atom stereocenters. The molecule has 108 valence electrons. The highest BCUT2D eigenvalue weighted by atomic mass is 19.1. The first-order valence-electron chi connectivity index (χ1n) is 6.75. The third-order valence-corrected chi connectivity index (χ3v) is 3.31. The van der Waals surface area contributed by atoms with Crippen molar-refractivity contribution in [3.05, 3.63) is 54.1 Å². The summed E-state index contributed by atoms with van der Waals surface area (Å²) in [5.41, 5.74) is 1.56. The van der Waals surface area contributed by atoms with E-state index in [1.54, 1.807) is 24.3 Å². The molecule has 1 fully saturated rings. The van der Waals surface area contributed by atoms with Crippen molar-refractivity contribution >= 4 is 23.0 Å². The Hall–Kier alpha value is -2.43. The predicted octanol–water partition coefficient (Wildman–Crippen LogP) is 4.06. The summed E-state index contributed by atoms with van der Waals surface area (Å²) >= 11 is 0. The maximum atomic E-state index is 13.5. The lowest BCUT2D eigenvalue weighted by atomic mass is 10.2. The minimum atomic E-state index is -0.652. The summed E-state index contributed by atoms with van der Waals surface area (Å²) in [7, 11) is 0. The van der Waals surface area contributed by atoms with E-state index in [9.17, 15) is 13.6 Å². The van der Waals surface area contributed by atoms with Crippen molar-refractivity contribution in [1.82, 2.24) is 0 Å². The van der Waals surface area contributed by atoms with Gasteiger partial charge in [-0.2, -0.15) is 0 Å². The average Bonchev–Trinajstić information content (AvgIpc) is 3.28. The highest BCUT2D eigenvalue weighted by molar-refractivity contribution is 5.94. The first-order valence-corrected chi connectivity index (χ1v) is 6.75. The lowest BCUT2D eigenvalue weighted by Crippen LogP contribution is -2.13. The largest absolute Gasteiger partial charge is 0.353 e. The summed E-state index contributed by atoms with van der Waals surface area (Å²) in [6.07, 6.45) is 1.91. The third-order valence-electron chi connectivity index (χ3n) is 3.31. The first kappa shape index (κ1) is 13.5. The van der Waals surface area contributed by atoms with Crippen LogP contribution in [0.4, 0.5) is 25.8 Å². The number of halogens is 2. The molecule has 0 bridgehead atoms. The van der Waals surface area contributed by atoms with Crippen molar-refractivity contribution in [2.45, 2.75) is 12.8 Å². The standard InChI is InChI=1S/C16H14F2N2O/c17-11-3-8-15(14(18)9-11)19-12-4-6-13(7-5-12)20-16(21)10-1-2-10/h3-10,19H,1-2H2,(H,20,21). The Morgan fingerprint density at radius 2 is 1.67 bits per heavy atom. The van der Waals surface area contributed by atoms with Crippen LogP contribution >= 0.6 is 0 Å². The molecule has 2 N–H and O–H groups in total. The molecular formula is C16H14F2N2O. The highest BCUT2D eigenvalue weighted by Gasteiger charge is 2.29. The van der Waals surface area contributed by atoms with Gasteiger partial charge in [-0.1, -0.05) is 0 Å². The van der Waals surface area contributed by atoms with Crippen LogP contribution in [0, 0.1) is 17.6 Å². The van der Waals surface area contributed by atoms with Crippen molar-refractivity contribution < 1.29 is 13.6 Å². The van der Waals surface area contributed by atoms with E-state index in [1.165, 1.54) is 12.1 Å². The van der Waals surface area contributed by atoms with Crippen LogP contribution in [-0.4, -0.2) is 5.91 Å². The van der Waals surface area contributed by atoms with Gasteiger partial charge < -0.3 is 10.6 Å². The smallest absolute Gasteiger partial charge is 0.227 e. The van der Waals surface area contributed by atoms with Gasteiger partial charge >= 0.3 is 0 Å². The highest BCUT2D eigenvalue weighted by Crippen LogP contribution is 2.30. The van der Waals surface area contributed by atoms with Gasteiger partial charge in [-0.3, -0.25) is 4.79 Å². The molecular weight excluding hydrogens is 274 g/mol. The molecule has 0 radical (unpaired) electrons. The van der Waals surface area contributed by atoms with Crippen molar-refractivity contribution in [3.8, 4) is 0 Å². The molecule has 1 aliphatic carbocycles. The number of carbonyl (C=O) groups excluding carboxylic acids is 1. The predicted molar refractivity (Wildman–Crippen MR) is 77.4 cm³/mol.